The Bertz CT molecular complexity index is 1310. The second kappa shape index (κ2) is 7.63. The summed E-state index contributed by atoms with van der Waals surface area (Å²) in [6.45, 7) is 4.09. The van der Waals surface area contributed by atoms with Gasteiger partial charge in [0.2, 0.25) is 0 Å². The first-order valence-electron chi connectivity index (χ1n) is 10.7. The van der Waals surface area contributed by atoms with E-state index >= 15 is 0 Å². The van der Waals surface area contributed by atoms with Crippen LogP contribution in [-0.4, -0.2) is 46.7 Å². The van der Waals surface area contributed by atoms with Crippen molar-refractivity contribution in [1.29, 1.82) is 0 Å². The molecule has 1 aliphatic rings. The highest BCUT2D eigenvalue weighted by Gasteiger charge is 2.24. The first-order valence-corrected chi connectivity index (χ1v) is 11.5. The van der Waals surface area contributed by atoms with E-state index in [2.05, 4.69) is 31.2 Å². The van der Waals surface area contributed by atoms with Crippen LogP contribution in [0.2, 0.25) is 0 Å². The van der Waals surface area contributed by atoms with Crippen LogP contribution in [0.25, 0.3) is 26.6 Å². The van der Waals surface area contributed by atoms with Crippen molar-refractivity contribution < 1.29 is 0 Å². The molecule has 1 atom stereocenters. The molecule has 0 saturated heterocycles. The second-order valence-corrected chi connectivity index (χ2v) is 9.75. The van der Waals surface area contributed by atoms with Gasteiger partial charge in [-0.25, -0.2) is 4.98 Å². The van der Waals surface area contributed by atoms with Gasteiger partial charge in [0.15, 0.2) is 11.5 Å². The molecule has 1 aliphatic carbocycles. The van der Waals surface area contributed by atoms with E-state index in [1.807, 2.05) is 24.3 Å². The zero-order valence-electron chi connectivity index (χ0n) is 17.7. The van der Waals surface area contributed by atoms with Gasteiger partial charge in [-0.2, -0.15) is 4.52 Å². The smallest absolute Gasteiger partial charge is 0.283 e. The number of aromatic nitrogens is 3. The standard InChI is InChI=1S/C23H27N5OS/c1-14-9-10-17-18(13-14)30-22-19(17)23(29)28-21(25-22)16-8-5-4-7-15(16)20(26-28)24-11-6-12-27(2)3/h4-5,7-8,14H,6,9-13H2,1-3H3,(H,24,26). The molecule has 3 aromatic heterocycles. The van der Waals surface area contributed by atoms with Crippen LogP contribution in [0.3, 0.4) is 0 Å². The molecule has 5 rings (SSSR count). The number of aryl methyl sites for hydroxylation is 1. The molecule has 0 fully saturated rings. The number of fused-ring (bicyclic) bond motifs is 6. The van der Waals surface area contributed by atoms with E-state index < -0.39 is 0 Å². The first kappa shape index (κ1) is 19.5. The van der Waals surface area contributed by atoms with E-state index in [0.717, 1.165) is 65.6 Å². The summed E-state index contributed by atoms with van der Waals surface area (Å²) >= 11 is 1.69. The molecule has 4 aromatic rings. The normalized spacial score (nSPS) is 16.6. The van der Waals surface area contributed by atoms with Crippen molar-refractivity contribution in [1.82, 2.24) is 19.5 Å². The average molecular weight is 422 g/mol. The van der Waals surface area contributed by atoms with Crippen molar-refractivity contribution in [2.45, 2.75) is 32.6 Å². The quantitative estimate of drug-likeness (QED) is 0.391. The summed E-state index contributed by atoms with van der Waals surface area (Å²) in [4.78, 5) is 22.8. The van der Waals surface area contributed by atoms with Gasteiger partial charge in [-0.1, -0.05) is 31.2 Å². The largest absolute Gasteiger partial charge is 0.368 e. The average Bonchev–Trinajstić information content (AvgIpc) is 3.09. The van der Waals surface area contributed by atoms with Gasteiger partial charge in [0.05, 0.1) is 5.39 Å². The third-order valence-electron chi connectivity index (χ3n) is 6.01. The molecule has 1 N–H and O–H groups in total. The van der Waals surface area contributed by atoms with Crippen molar-refractivity contribution in [2.75, 3.05) is 32.5 Å². The van der Waals surface area contributed by atoms with Gasteiger partial charge in [0.25, 0.3) is 5.56 Å². The number of anilines is 1. The van der Waals surface area contributed by atoms with E-state index in [0.29, 0.717) is 11.6 Å². The summed E-state index contributed by atoms with van der Waals surface area (Å²) in [5.41, 5.74) is 1.81. The van der Waals surface area contributed by atoms with Gasteiger partial charge in [-0.05, 0) is 57.8 Å². The summed E-state index contributed by atoms with van der Waals surface area (Å²) in [6.07, 6.45) is 4.14. The first-order chi connectivity index (χ1) is 14.5. The summed E-state index contributed by atoms with van der Waals surface area (Å²) in [7, 11) is 4.14. The van der Waals surface area contributed by atoms with Crippen LogP contribution in [-0.2, 0) is 12.8 Å². The highest BCUT2D eigenvalue weighted by Crippen LogP contribution is 2.36. The molecule has 30 heavy (non-hydrogen) atoms. The number of hydrogen-bond acceptors (Lipinski definition) is 6. The van der Waals surface area contributed by atoms with Crippen LogP contribution in [0.1, 0.15) is 30.2 Å². The van der Waals surface area contributed by atoms with E-state index in [9.17, 15) is 4.79 Å². The Balaban J connectivity index is 1.69. The molecule has 1 unspecified atom stereocenters. The zero-order valence-corrected chi connectivity index (χ0v) is 18.6. The SMILES string of the molecule is CC1CCc2c(sc3nc4c5ccccc5c(NCCCN(C)C)nn4c(=O)c23)C1. The van der Waals surface area contributed by atoms with Crippen LogP contribution in [0, 0.1) is 5.92 Å². The Morgan fingerprint density at radius 2 is 2.07 bits per heavy atom. The third kappa shape index (κ3) is 3.26. The Kier molecular flexibility index (Phi) is 4.95. The van der Waals surface area contributed by atoms with Crippen molar-refractivity contribution in [3.63, 3.8) is 0 Å². The molecule has 156 valence electrons. The fraction of sp³-hybridized carbons (Fsp3) is 0.435. The van der Waals surface area contributed by atoms with Crippen molar-refractivity contribution in [2.24, 2.45) is 5.92 Å². The molecule has 0 bridgehead atoms. The van der Waals surface area contributed by atoms with Crippen LogP contribution in [0.15, 0.2) is 29.1 Å². The molecule has 0 spiro atoms. The van der Waals surface area contributed by atoms with E-state index in [-0.39, 0.29) is 5.56 Å². The summed E-state index contributed by atoms with van der Waals surface area (Å²) in [6, 6.07) is 8.09. The fourth-order valence-electron chi connectivity index (χ4n) is 4.42. The molecular weight excluding hydrogens is 394 g/mol. The minimum atomic E-state index is -0.0378. The van der Waals surface area contributed by atoms with Crippen molar-refractivity contribution in [3.05, 3.63) is 45.1 Å². The molecule has 3 heterocycles. The van der Waals surface area contributed by atoms with E-state index in [1.54, 1.807) is 11.3 Å². The van der Waals surface area contributed by atoms with E-state index in [4.69, 9.17) is 10.1 Å². The van der Waals surface area contributed by atoms with Crippen LogP contribution in [0.4, 0.5) is 5.82 Å². The fourth-order valence-corrected chi connectivity index (χ4v) is 5.79. The third-order valence-corrected chi connectivity index (χ3v) is 7.15. The van der Waals surface area contributed by atoms with Gasteiger partial charge in [-0.15, -0.1) is 16.4 Å². The maximum absolute atomic E-state index is 13.6. The minimum Gasteiger partial charge on any atom is -0.368 e. The molecule has 1 aromatic carbocycles. The van der Waals surface area contributed by atoms with Crippen LogP contribution in [0.5, 0.6) is 0 Å². The van der Waals surface area contributed by atoms with Gasteiger partial charge in [0.1, 0.15) is 4.83 Å². The molecule has 0 saturated carbocycles. The molecule has 6 nitrogen and oxygen atoms in total. The van der Waals surface area contributed by atoms with Crippen LogP contribution < -0.4 is 10.9 Å². The van der Waals surface area contributed by atoms with Crippen molar-refractivity contribution in [3.8, 4) is 0 Å². The molecule has 0 amide bonds. The van der Waals surface area contributed by atoms with Crippen LogP contribution >= 0.6 is 11.3 Å². The second-order valence-electron chi connectivity index (χ2n) is 8.66. The summed E-state index contributed by atoms with van der Waals surface area (Å²) < 4.78 is 1.52. The maximum atomic E-state index is 13.6. The molecule has 7 heteroatoms. The molecule has 0 aliphatic heterocycles. The molecule has 0 radical (unpaired) electrons. The Morgan fingerprint density at radius 3 is 2.87 bits per heavy atom. The Hall–Kier alpha value is -2.51. The molecular formula is C23H27N5OS. The monoisotopic (exact) mass is 421 g/mol. The number of nitrogens with one attached hydrogen (secondary N) is 1. The lowest BCUT2D eigenvalue weighted by Gasteiger charge is -2.17. The lowest BCUT2D eigenvalue weighted by molar-refractivity contribution is 0.405. The lowest BCUT2D eigenvalue weighted by Crippen LogP contribution is -2.21. The maximum Gasteiger partial charge on any atom is 0.283 e. The Labute approximate surface area is 179 Å². The number of rotatable bonds is 5. The number of hydrogen-bond donors (Lipinski definition) is 1. The lowest BCUT2D eigenvalue weighted by atomic mass is 9.89. The topological polar surface area (TPSA) is 62.5 Å². The van der Waals surface area contributed by atoms with E-state index in [1.165, 1.54) is 15.0 Å². The van der Waals surface area contributed by atoms with Gasteiger partial charge >= 0.3 is 0 Å². The number of thiophene rings is 1. The number of nitrogens with zero attached hydrogens (tertiary/aromatic N) is 4. The van der Waals surface area contributed by atoms with Gasteiger partial charge in [-0.3, -0.25) is 4.79 Å². The zero-order chi connectivity index (χ0) is 20.8. The van der Waals surface area contributed by atoms with Gasteiger partial charge < -0.3 is 10.2 Å². The highest BCUT2D eigenvalue weighted by atomic mass is 32.1. The summed E-state index contributed by atoms with van der Waals surface area (Å²) in [5.74, 6) is 1.41. The summed E-state index contributed by atoms with van der Waals surface area (Å²) in [5, 5.41) is 10.9. The van der Waals surface area contributed by atoms with Gasteiger partial charge in [0, 0.05) is 22.2 Å². The number of benzene rings is 1. The predicted molar refractivity (Wildman–Crippen MR) is 125 cm³/mol. The predicted octanol–water partition coefficient (Wildman–Crippen LogP) is 3.95. The minimum absolute atomic E-state index is 0.0378. The van der Waals surface area contributed by atoms with Crippen molar-refractivity contribution >= 4 is 43.8 Å². The highest BCUT2D eigenvalue weighted by molar-refractivity contribution is 7.18. The Morgan fingerprint density at radius 1 is 1.27 bits per heavy atom.